The molecule has 0 aliphatic rings. The van der Waals surface area contributed by atoms with Crippen molar-refractivity contribution in [2.45, 2.75) is 20.8 Å². The molecule has 29 heavy (non-hydrogen) atoms. The molecule has 2 rings (SSSR count). The minimum Gasteiger partial charge on any atom is -0.493 e. The van der Waals surface area contributed by atoms with Crippen molar-refractivity contribution in [3.63, 3.8) is 0 Å². The van der Waals surface area contributed by atoms with Gasteiger partial charge < -0.3 is 19.5 Å². The highest BCUT2D eigenvalue weighted by molar-refractivity contribution is 6.08. The Hall–Kier alpha value is -3.62. The van der Waals surface area contributed by atoms with Crippen molar-refractivity contribution in [3.05, 3.63) is 56.6 Å². The second kappa shape index (κ2) is 9.05. The lowest BCUT2D eigenvalue weighted by atomic mass is 10.0. The summed E-state index contributed by atoms with van der Waals surface area (Å²) < 4.78 is 15.3. The number of hydrogen-bond acceptors (Lipinski definition) is 7. The van der Waals surface area contributed by atoms with Gasteiger partial charge in [0, 0.05) is 11.8 Å². The Morgan fingerprint density at radius 3 is 2.31 bits per heavy atom. The topological polar surface area (TPSA) is 117 Å². The second-order valence-electron chi connectivity index (χ2n) is 6.12. The lowest BCUT2D eigenvalue weighted by Crippen LogP contribution is -2.16. The number of anilines is 1. The summed E-state index contributed by atoms with van der Waals surface area (Å²) in [6.45, 7) is 5.56. The van der Waals surface area contributed by atoms with Gasteiger partial charge >= 0.3 is 5.97 Å². The number of ether oxygens (including phenoxy) is 3. The first kappa shape index (κ1) is 21.7. The van der Waals surface area contributed by atoms with E-state index in [9.17, 15) is 19.7 Å². The number of rotatable bonds is 7. The number of nitro benzene ring substituents is 1. The molecular formula is C20H22N2O7. The molecule has 154 valence electrons. The fourth-order valence-electron chi connectivity index (χ4n) is 2.76. The summed E-state index contributed by atoms with van der Waals surface area (Å²) in [6, 6.07) is 5.53. The van der Waals surface area contributed by atoms with Crippen molar-refractivity contribution in [3.8, 4) is 11.5 Å². The van der Waals surface area contributed by atoms with E-state index in [1.54, 1.807) is 26.8 Å². The SMILES string of the molecule is CCOc1cc(C(=O)Nc2cc(C)c(C)c(C(=O)OC)c2)c([N+](=O)[O-])cc1OC. The number of benzene rings is 2. The van der Waals surface area contributed by atoms with Crippen LogP contribution in [-0.2, 0) is 4.74 Å². The Morgan fingerprint density at radius 1 is 1.07 bits per heavy atom. The maximum Gasteiger partial charge on any atom is 0.338 e. The van der Waals surface area contributed by atoms with Crippen LogP contribution < -0.4 is 14.8 Å². The van der Waals surface area contributed by atoms with Crippen molar-refractivity contribution < 1.29 is 28.7 Å². The van der Waals surface area contributed by atoms with Gasteiger partial charge in [-0.2, -0.15) is 0 Å². The lowest BCUT2D eigenvalue weighted by molar-refractivity contribution is -0.385. The summed E-state index contributed by atoms with van der Waals surface area (Å²) in [6.07, 6.45) is 0. The van der Waals surface area contributed by atoms with Crippen LogP contribution in [-0.4, -0.2) is 37.6 Å². The Morgan fingerprint density at radius 2 is 1.76 bits per heavy atom. The van der Waals surface area contributed by atoms with Crippen LogP contribution in [0, 0.1) is 24.0 Å². The third-order valence-corrected chi connectivity index (χ3v) is 4.35. The van der Waals surface area contributed by atoms with Crippen LogP contribution in [0.25, 0.3) is 0 Å². The van der Waals surface area contributed by atoms with E-state index in [1.807, 2.05) is 0 Å². The van der Waals surface area contributed by atoms with Gasteiger partial charge in [-0.15, -0.1) is 0 Å². The number of amides is 1. The summed E-state index contributed by atoms with van der Waals surface area (Å²) in [5, 5.41) is 14.1. The predicted octanol–water partition coefficient (Wildman–Crippen LogP) is 3.66. The van der Waals surface area contributed by atoms with Crippen LogP contribution in [0.1, 0.15) is 38.8 Å². The van der Waals surface area contributed by atoms with Gasteiger partial charge in [-0.05, 0) is 44.0 Å². The molecule has 0 fully saturated rings. The molecule has 0 radical (unpaired) electrons. The van der Waals surface area contributed by atoms with Gasteiger partial charge in [-0.25, -0.2) is 4.79 Å². The van der Waals surface area contributed by atoms with Gasteiger partial charge in [-0.1, -0.05) is 0 Å². The highest BCUT2D eigenvalue weighted by atomic mass is 16.6. The average Bonchev–Trinajstić information content (AvgIpc) is 2.69. The third-order valence-electron chi connectivity index (χ3n) is 4.35. The third kappa shape index (κ3) is 4.63. The minimum absolute atomic E-state index is 0.147. The first-order valence-corrected chi connectivity index (χ1v) is 8.73. The van der Waals surface area contributed by atoms with E-state index in [0.29, 0.717) is 16.8 Å². The van der Waals surface area contributed by atoms with E-state index in [0.717, 1.165) is 11.6 Å². The number of esters is 1. The van der Waals surface area contributed by atoms with E-state index < -0.39 is 22.5 Å². The standard InChI is InChI=1S/C20H22N2O7/c1-6-29-18-9-15(16(22(25)26)10-17(18)27-4)19(23)21-13-7-11(2)12(3)14(8-13)20(24)28-5/h7-10H,6H2,1-5H3,(H,21,23). The van der Waals surface area contributed by atoms with E-state index >= 15 is 0 Å². The Kier molecular flexibility index (Phi) is 6.76. The second-order valence-corrected chi connectivity index (χ2v) is 6.12. The zero-order valence-electron chi connectivity index (χ0n) is 16.8. The van der Waals surface area contributed by atoms with Crippen molar-refractivity contribution >= 4 is 23.3 Å². The first-order valence-electron chi connectivity index (χ1n) is 8.73. The molecule has 0 aliphatic heterocycles. The lowest BCUT2D eigenvalue weighted by Gasteiger charge is -2.14. The van der Waals surface area contributed by atoms with Crippen LogP contribution >= 0.6 is 0 Å². The molecule has 0 heterocycles. The Balaban J connectivity index is 2.50. The first-order chi connectivity index (χ1) is 13.7. The molecule has 1 N–H and O–H groups in total. The van der Waals surface area contributed by atoms with Crippen molar-refractivity contribution in [2.75, 3.05) is 26.1 Å². The molecule has 0 aromatic heterocycles. The molecule has 9 heteroatoms. The average molecular weight is 402 g/mol. The number of nitrogens with zero attached hydrogens (tertiary/aromatic N) is 1. The van der Waals surface area contributed by atoms with Crippen LogP contribution in [0.5, 0.6) is 11.5 Å². The van der Waals surface area contributed by atoms with Gasteiger partial charge in [0.05, 0.1) is 37.4 Å². The predicted molar refractivity (Wildman–Crippen MR) is 106 cm³/mol. The minimum atomic E-state index is -0.723. The molecule has 0 atom stereocenters. The molecule has 0 aliphatic carbocycles. The number of nitrogens with one attached hydrogen (secondary N) is 1. The number of carbonyl (C=O) groups is 2. The normalized spacial score (nSPS) is 10.2. The zero-order chi connectivity index (χ0) is 21.7. The van der Waals surface area contributed by atoms with E-state index in [1.165, 1.54) is 26.4 Å². The van der Waals surface area contributed by atoms with Crippen LogP contribution in [0.2, 0.25) is 0 Å². The van der Waals surface area contributed by atoms with Gasteiger partial charge in [0.25, 0.3) is 11.6 Å². The smallest absolute Gasteiger partial charge is 0.338 e. The number of nitro groups is 1. The number of hydrogen-bond donors (Lipinski definition) is 1. The van der Waals surface area contributed by atoms with Crippen LogP contribution in [0.15, 0.2) is 24.3 Å². The fraction of sp³-hybridized carbons (Fsp3) is 0.300. The van der Waals surface area contributed by atoms with E-state index in [2.05, 4.69) is 5.32 Å². The zero-order valence-corrected chi connectivity index (χ0v) is 16.8. The largest absolute Gasteiger partial charge is 0.493 e. The summed E-state index contributed by atoms with van der Waals surface area (Å²) in [5.41, 5.74) is 1.44. The van der Waals surface area contributed by atoms with E-state index in [4.69, 9.17) is 14.2 Å². The summed E-state index contributed by atoms with van der Waals surface area (Å²) in [4.78, 5) is 35.6. The molecule has 1 amide bonds. The monoisotopic (exact) mass is 402 g/mol. The molecule has 2 aromatic rings. The molecular weight excluding hydrogens is 380 g/mol. The van der Waals surface area contributed by atoms with Crippen molar-refractivity contribution in [1.29, 1.82) is 0 Å². The van der Waals surface area contributed by atoms with Gasteiger partial charge in [0.15, 0.2) is 11.5 Å². The summed E-state index contributed by atoms with van der Waals surface area (Å²) in [7, 11) is 2.61. The van der Waals surface area contributed by atoms with Crippen molar-refractivity contribution in [2.24, 2.45) is 0 Å². The van der Waals surface area contributed by atoms with E-state index in [-0.39, 0.29) is 23.7 Å². The summed E-state index contributed by atoms with van der Waals surface area (Å²) >= 11 is 0. The van der Waals surface area contributed by atoms with Gasteiger partial charge in [-0.3, -0.25) is 14.9 Å². The number of carbonyl (C=O) groups excluding carboxylic acids is 2. The molecule has 0 saturated carbocycles. The maximum absolute atomic E-state index is 12.8. The molecule has 0 bridgehead atoms. The van der Waals surface area contributed by atoms with Crippen molar-refractivity contribution in [1.82, 2.24) is 0 Å². The van der Waals surface area contributed by atoms with Gasteiger partial charge in [0.1, 0.15) is 5.56 Å². The molecule has 9 nitrogen and oxygen atoms in total. The Labute approximate surface area is 167 Å². The number of methoxy groups -OCH3 is 2. The highest BCUT2D eigenvalue weighted by Gasteiger charge is 2.25. The Bertz CT molecular complexity index is 970. The fourth-order valence-corrected chi connectivity index (χ4v) is 2.76. The maximum atomic E-state index is 12.8. The molecule has 0 saturated heterocycles. The quantitative estimate of drug-likeness (QED) is 0.427. The molecule has 2 aromatic carbocycles. The van der Waals surface area contributed by atoms with Crippen LogP contribution in [0.3, 0.4) is 0 Å². The summed E-state index contributed by atoms with van der Waals surface area (Å²) in [5.74, 6) is -0.912. The highest BCUT2D eigenvalue weighted by Crippen LogP contribution is 2.35. The molecule has 0 spiro atoms. The van der Waals surface area contributed by atoms with Gasteiger partial charge in [0.2, 0.25) is 0 Å². The number of aryl methyl sites for hydroxylation is 1. The molecule has 0 unspecified atom stereocenters. The van der Waals surface area contributed by atoms with Crippen LogP contribution in [0.4, 0.5) is 11.4 Å².